The molecule has 1 aliphatic rings. The number of nitrogens with one attached hydrogen (secondary N) is 1. The number of hydrogen-bond acceptors (Lipinski definition) is 4. The molecule has 29 heavy (non-hydrogen) atoms. The number of para-hydroxylation sites is 1. The molecule has 5 nitrogen and oxygen atoms in total. The Morgan fingerprint density at radius 1 is 1.03 bits per heavy atom. The van der Waals surface area contributed by atoms with Crippen LogP contribution in [0.5, 0.6) is 0 Å². The predicted octanol–water partition coefficient (Wildman–Crippen LogP) is 3.78. The van der Waals surface area contributed by atoms with E-state index in [4.69, 9.17) is 11.6 Å². The average Bonchev–Trinajstić information content (AvgIpc) is 2.74. The Bertz CT molecular complexity index is 836. The van der Waals surface area contributed by atoms with Crippen LogP contribution in [0.1, 0.15) is 12.5 Å². The summed E-state index contributed by atoms with van der Waals surface area (Å²) in [5.74, 6) is 0.533. The van der Waals surface area contributed by atoms with Crippen molar-refractivity contribution in [2.24, 2.45) is 0 Å². The van der Waals surface area contributed by atoms with Crippen LogP contribution < -0.4 is 5.32 Å². The van der Waals surface area contributed by atoms with Crippen molar-refractivity contribution in [2.45, 2.75) is 18.2 Å². The van der Waals surface area contributed by atoms with E-state index in [2.05, 4.69) is 17.1 Å². The Morgan fingerprint density at radius 3 is 2.41 bits per heavy atom. The third-order valence-corrected chi connectivity index (χ3v) is 6.19. The maximum Gasteiger partial charge on any atom is 0.238 e. The highest BCUT2D eigenvalue weighted by Crippen LogP contribution is 2.21. The SMILES string of the molecule is CCc1ccccc1NC(=O)CN1CCN(C(=O)CSc2ccc(Cl)cc2)CC1. The maximum absolute atomic E-state index is 12.5. The van der Waals surface area contributed by atoms with Crippen molar-refractivity contribution in [3.8, 4) is 0 Å². The summed E-state index contributed by atoms with van der Waals surface area (Å²) in [4.78, 5) is 29.9. The zero-order valence-electron chi connectivity index (χ0n) is 16.6. The summed E-state index contributed by atoms with van der Waals surface area (Å²) >= 11 is 7.41. The van der Waals surface area contributed by atoms with Crippen molar-refractivity contribution in [2.75, 3.05) is 43.8 Å². The molecule has 0 spiro atoms. The van der Waals surface area contributed by atoms with Gasteiger partial charge < -0.3 is 10.2 Å². The van der Waals surface area contributed by atoms with Gasteiger partial charge in [0.05, 0.1) is 12.3 Å². The minimum atomic E-state index is -0.0102. The number of anilines is 1. The molecule has 2 amide bonds. The summed E-state index contributed by atoms with van der Waals surface area (Å²) < 4.78 is 0. The van der Waals surface area contributed by atoms with Crippen molar-refractivity contribution in [1.82, 2.24) is 9.80 Å². The number of carbonyl (C=O) groups is 2. The van der Waals surface area contributed by atoms with Gasteiger partial charge in [0.1, 0.15) is 0 Å². The number of rotatable bonds is 7. The van der Waals surface area contributed by atoms with Crippen molar-refractivity contribution in [1.29, 1.82) is 0 Å². The molecule has 0 bridgehead atoms. The van der Waals surface area contributed by atoms with Gasteiger partial charge in [-0.15, -0.1) is 11.8 Å². The highest BCUT2D eigenvalue weighted by molar-refractivity contribution is 8.00. The molecule has 0 radical (unpaired) electrons. The minimum absolute atomic E-state index is 0.0102. The summed E-state index contributed by atoms with van der Waals surface area (Å²) in [7, 11) is 0. The lowest BCUT2D eigenvalue weighted by Gasteiger charge is -2.34. The number of carbonyl (C=O) groups excluding carboxylic acids is 2. The van der Waals surface area contributed by atoms with Gasteiger partial charge >= 0.3 is 0 Å². The highest BCUT2D eigenvalue weighted by atomic mass is 35.5. The van der Waals surface area contributed by atoms with Gasteiger partial charge in [0, 0.05) is 41.8 Å². The van der Waals surface area contributed by atoms with E-state index in [9.17, 15) is 9.59 Å². The molecular formula is C22H26ClN3O2S. The molecule has 0 aliphatic carbocycles. The molecule has 1 fully saturated rings. The Kier molecular flexibility index (Phi) is 7.98. The standard InChI is InChI=1S/C22H26ClN3O2S/c1-2-17-5-3-4-6-20(17)24-21(27)15-25-11-13-26(14-12-25)22(28)16-29-19-9-7-18(23)8-10-19/h3-10H,2,11-16H2,1H3,(H,24,27). The van der Waals surface area contributed by atoms with Crippen LogP contribution in [0.15, 0.2) is 53.4 Å². The average molecular weight is 432 g/mol. The molecule has 1 heterocycles. The summed E-state index contributed by atoms with van der Waals surface area (Å²) in [6.45, 7) is 5.14. The van der Waals surface area contributed by atoms with Crippen LogP contribution in [-0.4, -0.2) is 60.1 Å². The number of aryl methyl sites for hydroxylation is 1. The molecule has 1 N–H and O–H groups in total. The second kappa shape index (κ2) is 10.7. The molecule has 154 valence electrons. The molecule has 3 rings (SSSR count). The van der Waals surface area contributed by atoms with Crippen LogP contribution in [0.3, 0.4) is 0 Å². The fourth-order valence-corrected chi connectivity index (χ4v) is 4.19. The summed E-state index contributed by atoms with van der Waals surface area (Å²) in [6.07, 6.45) is 0.880. The molecule has 1 aliphatic heterocycles. The lowest BCUT2D eigenvalue weighted by Crippen LogP contribution is -2.50. The van der Waals surface area contributed by atoms with E-state index in [0.717, 1.165) is 22.6 Å². The van der Waals surface area contributed by atoms with Gasteiger partial charge in [0.25, 0.3) is 0 Å². The van der Waals surface area contributed by atoms with Crippen LogP contribution in [0, 0.1) is 0 Å². The topological polar surface area (TPSA) is 52.7 Å². The Labute approximate surface area is 181 Å². The zero-order chi connectivity index (χ0) is 20.6. The fraction of sp³-hybridized carbons (Fsp3) is 0.364. The van der Waals surface area contributed by atoms with E-state index in [0.29, 0.717) is 43.5 Å². The molecule has 0 atom stereocenters. The van der Waals surface area contributed by atoms with Crippen LogP contribution in [0.4, 0.5) is 5.69 Å². The Morgan fingerprint density at radius 2 is 1.72 bits per heavy atom. The number of hydrogen-bond donors (Lipinski definition) is 1. The van der Waals surface area contributed by atoms with Crippen LogP contribution >= 0.6 is 23.4 Å². The lowest BCUT2D eigenvalue weighted by molar-refractivity contribution is -0.130. The molecule has 2 aromatic rings. The predicted molar refractivity (Wildman–Crippen MR) is 120 cm³/mol. The molecule has 0 aromatic heterocycles. The number of nitrogens with zero attached hydrogens (tertiary/aromatic N) is 2. The fourth-order valence-electron chi connectivity index (χ4n) is 3.27. The first-order valence-electron chi connectivity index (χ1n) is 9.81. The third-order valence-electron chi connectivity index (χ3n) is 4.94. The smallest absolute Gasteiger partial charge is 0.238 e. The Balaban J connectivity index is 1.41. The summed E-state index contributed by atoms with van der Waals surface area (Å²) in [6, 6.07) is 15.4. The van der Waals surface area contributed by atoms with Crippen molar-refractivity contribution >= 4 is 40.9 Å². The van der Waals surface area contributed by atoms with Crippen molar-refractivity contribution < 1.29 is 9.59 Å². The van der Waals surface area contributed by atoms with E-state index < -0.39 is 0 Å². The number of halogens is 1. The molecule has 7 heteroatoms. The Hall–Kier alpha value is -2.02. The van der Waals surface area contributed by atoms with E-state index in [1.807, 2.05) is 53.4 Å². The van der Waals surface area contributed by atoms with Crippen LogP contribution in [0.25, 0.3) is 0 Å². The van der Waals surface area contributed by atoms with E-state index in [-0.39, 0.29) is 11.8 Å². The van der Waals surface area contributed by atoms with E-state index in [1.54, 1.807) is 0 Å². The number of benzene rings is 2. The zero-order valence-corrected chi connectivity index (χ0v) is 18.1. The van der Waals surface area contributed by atoms with Gasteiger partial charge in [0.2, 0.25) is 11.8 Å². The molecule has 0 saturated carbocycles. The second-order valence-corrected chi connectivity index (χ2v) is 8.44. The monoisotopic (exact) mass is 431 g/mol. The van der Waals surface area contributed by atoms with Gasteiger partial charge in [-0.1, -0.05) is 36.7 Å². The normalized spacial score (nSPS) is 14.6. The number of piperazine rings is 1. The molecular weight excluding hydrogens is 406 g/mol. The summed E-state index contributed by atoms with van der Waals surface area (Å²) in [5, 5.41) is 3.70. The van der Waals surface area contributed by atoms with Gasteiger partial charge in [-0.25, -0.2) is 0 Å². The first kappa shape index (κ1) is 21.7. The maximum atomic E-state index is 12.5. The van der Waals surface area contributed by atoms with Gasteiger partial charge in [-0.05, 0) is 42.3 Å². The van der Waals surface area contributed by atoms with E-state index >= 15 is 0 Å². The van der Waals surface area contributed by atoms with Gasteiger partial charge in [-0.2, -0.15) is 0 Å². The quantitative estimate of drug-likeness (QED) is 0.678. The first-order valence-corrected chi connectivity index (χ1v) is 11.2. The minimum Gasteiger partial charge on any atom is -0.339 e. The van der Waals surface area contributed by atoms with Gasteiger partial charge in [0.15, 0.2) is 0 Å². The first-order chi connectivity index (χ1) is 14.0. The largest absolute Gasteiger partial charge is 0.339 e. The van der Waals surface area contributed by atoms with Crippen molar-refractivity contribution in [3.63, 3.8) is 0 Å². The second-order valence-electron chi connectivity index (χ2n) is 6.96. The van der Waals surface area contributed by atoms with Crippen LogP contribution in [0.2, 0.25) is 5.02 Å². The number of thioether (sulfide) groups is 1. The van der Waals surface area contributed by atoms with E-state index in [1.165, 1.54) is 11.8 Å². The van der Waals surface area contributed by atoms with Crippen molar-refractivity contribution in [3.05, 3.63) is 59.1 Å². The molecule has 1 saturated heterocycles. The third kappa shape index (κ3) is 6.49. The van der Waals surface area contributed by atoms with Gasteiger partial charge in [-0.3, -0.25) is 14.5 Å². The summed E-state index contributed by atoms with van der Waals surface area (Å²) in [5.41, 5.74) is 2.02. The van der Waals surface area contributed by atoms with Crippen LogP contribution in [-0.2, 0) is 16.0 Å². The molecule has 2 aromatic carbocycles. The lowest BCUT2D eigenvalue weighted by atomic mass is 10.1. The number of amides is 2. The molecule has 0 unspecified atom stereocenters. The highest BCUT2D eigenvalue weighted by Gasteiger charge is 2.22.